The van der Waals surface area contributed by atoms with Crippen molar-refractivity contribution in [2.75, 3.05) is 6.54 Å². The lowest BCUT2D eigenvalue weighted by atomic mass is 10.0. The van der Waals surface area contributed by atoms with E-state index in [9.17, 15) is 4.79 Å². The summed E-state index contributed by atoms with van der Waals surface area (Å²) >= 11 is 0. The highest BCUT2D eigenvalue weighted by Crippen LogP contribution is 2.23. The average molecular weight is 205 g/mol. The van der Waals surface area contributed by atoms with Gasteiger partial charge in [0, 0.05) is 6.04 Å². The molecule has 1 aromatic carbocycles. The molecule has 2 rings (SSSR count). The van der Waals surface area contributed by atoms with Crippen LogP contribution in [0.1, 0.15) is 30.0 Å². The zero-order chi connectivity index (χ0) is 10.7. The maximum absolute atomic E-state index is 10.6. The maximum atomic E-state index is 10.6. The quantitative estimate of drug-likeness (QED) is 0.790. The summed E-state index contributed by atoms with van der Waals surface area (Å²) in [7, 11) is 0. The van der Waals surface area contributed by atoms with Gasteiger partial charge >= 0.3 is 5.97 Å². The van der Waals surface area contributed by atoms with E-state index in [0.717, 1.165) is 18.5 Å². The standard InChI is InChI=1S/C12H15NO2/c14-12(15)8-9-3-1-4-10(7-9)11-5-2-6-13-11/h1,3-4,7,11,13H,2,5-6,8H2,(H,14,15)/t11-/m1/s1. The molecular formula is C12H15NO2. The van der Waals surface area contributed by atoms with Gasteiger partial charge < -0.3 is 10.4 Å². The zero-order valence-corrected chi connectivity index (χ0v) is 8.57. The highest BCUT2D eigenvalue weighted by atomic mass is 16.4. The van der Waals surface area contributed by atoms with E-state index in [1.807, 2.05) is 18.2 Å². The molecule has 0 aromatic heterocycles. The van der Waals surface area contributed by atoms with Gasteiger partial charge in [0.1, 0.15) is 0 Å². The summed E-state index contributed by atoms with van der Waals surface area (Å²) in [5.74, 6) is -0.772. The minimum absolute atomic E-state index is 0.112. The fraction of sp³-hybridized carbons (Fsp3) is 0.417. The van der Waals surface area contributed by atoms with Gasteiger partial charge in [0.05, 0.1) is 6.42 Å². The average Bonchev–Trinajstić information content (AvgIpc) is 2.69. The first-order chi connectivity index (χ1) is 7.25. The molecule has 1 aromatic rings. The molecule has 1 heterocycles. The number of carbonyl (C=O) groups is 1. The Hall–Kier alpha value is -1.35. The molecule has 0 bridgehead atoms. The number of aliphatic carboxylic acids is 1. The summed E-state index contributed by atoms with van der Waals surface area (Å²) in [6.45, 7) is 1.06. The molecule has 1 atom stereocenters. The molecule has 3 heteroatoms. The number of carboxylic acids is 1. The van der Waals surface area contributed by atoms with E-state index in [-0.39, 0.29) is 6.42 Å². The third kappa shape index (κ3) is 2.57. The molecule has 3 nitrogen and oxygen atoms in total. The summed E-state index contributed by atoms with van der Waals surface area (Å²) in [6.07, 6.45) is 2.46. The second-order valence-corrected chi connectivity index (χ2v) is 3.96. The highest BCUT2D eigenvalue weighted by Gasteiger charge is 2.16. The fourth-order valence-electron chi connectivity index (χ4n) is 2.06. The lowest BCUT2D eigenvalue weighted by molar-refractivity contribution is -0.136. The Labute approximate surface area is 89.1 Å². The van der Waals surface area contributed by atoms with E-state index >= 15 is 0 Å². The Bertz CT molecular complexity index is 356. The van der Waals surface area contributed by atoms with Crippen molar-refractivity contribution in [3.63, 3.8) is 0 Å². The Morgan fingerprint density at radius 3 is 3.07 bits per heavy atom. The number of carboxylic acid groups (broad SMARTS) is 1. The Balaban J connectivity index is 2.14. The minimum atomic E-state index is -0.772. The van der Waals surface area contributed by atoms with Gasteiger partial charge in [-0.25, -0.2) is 0 Å². The molecule has 1 saturated heterocycles. The molecule has 0 aliphatic carbocycles. The monoisotopic (exact) mass is 205 g/mol. The van der Waals surface area contributed by atoms with Gasteiger partial charge in [0.25, 0.3) is 0 Å². The lowest BCUT2D eigenvalue weighted by Gasteiger charge is -2.11. The minimum Gasteiger partial charge on any atom is -0.481 e. The Morgan fingerprint density at radius 2 is 2.40 bits per heavy atom. The molecule has 2 N–H and O–H groups in total. The second kappa shape index (κ2) is 4.45. The smallest absolute Gasteiger partial charge is 0.307 e. The van der Waals surface area contributed by atoms with Gasteiger partial charge in [0.15, 0.2) is 0 Å². The second-order valence-electron chi connectivity index (χ2n) is 3.96. The number of rotatable bonds is 3. The predicted molar refractivity (Wildman–Crippen MR) is 57.8 cm³/mol. The van der Waals surface area contributed by atoms with Gasteiger partial charge in [-0.05, 0) is 30.5 Å². The lowest BCUT2D eigenvalue weighted by Crippen LogP contribution is -2.13. The van der Waals surface area contributed by atoms with E-state index in [4.69, 9.17) is 5.11 Å². The van der Waals surface area contributed by atoms with E-state index in [0.29, 0.717) is 6.04 Å². The number of benzene rings is 1. The van der Waals surface area contributed by atoms with Crippen molar-refractivity contribution < 1.29 is 9.90 Å². The van der Waals surface area contributed by atoms with Crippen molar-refractivity contribution in [1.29, 1.82) is 0 Å². The van der Waals surface area contributed by atoms with Crippen LogP contribution in [0.3, 0.4) is 0 Å². The van der Waals surface area contributed by atoms with Gasteiger partial charge in [-0.15, -0.1) is 0 Å². The summed E-state index contributed by atoms with van der Waals surface area (Å²) in [4.78, 5) is 10.6. The summed E-state index contributed by atoms with van der Waals surface area (Å²) in [5.41, 5.74) is 2.10. The molecule has 1 aliphatic heterocycles. The molecule has 15 heavy (non-hydrogen) atoms. The zero-order valence-electron chi connectivity index (χ0n) is 8.57. The third-order valence-electron chi connectivity index (χ3n) is 2.77. The van der Waals surface area contributed by atoms with Crippen LogP contribution in [0.5, 0.6) is 0 Å². The SMILES string of the molecule is O=C(O)Cc1cccc([C@H]2CCCN2)c1. The third-order valence-corrected chi connectivity index (χ3v) is 2.77. The first-order valence-electron chi connectivity index (χ1n) is 5.30. The van der Waals surface area contributed by atoms with Crippen molar-refractivity contribution in [2.45, 2.75) is 25.3 Å². The van der Waals surface area contributed by atoms with Crippen LogP contribution in [0.2, 0.25) is 0 Å². The van der Waals surface area contributed by atoms with Crippen molar-refractivity contribution in [1.82, 2.24) is 5.32 Å². The number of nitrogens with one attached hydrogen (secondary N) is 1. The van der Waals surface area contributed by atoms with E-state index in [2.05, 4.69) is 11.4 Å². The molecule has 80 valence electrons. The maximum Gasteiger partial charge on any atom is 0.307 e. The van der Waals surface area contributed by atoms with Gasteiger partial charge in [0.2, 0.25) is 0 Å². The van der Waals surface area contributed by atoms with Crippen LogP contribution in [0.15, 0.2) is 24.3 Å². The van der Waals surface area contributed by atoms with Crippen molar-refractivity contribution in [2.24, 2.45) is 0 Å². The van der Waals surface area contributed by atoms with Crippen LogP contribution in [0.25, 0.3) is 0 Å². The van der Waals surface area contributed by atoms with Crippen molar-refractivity contribution in [3.8, 4) is 0 Å². The van der Waals surface area contributed by atoms with Gasteiger partial charge in [-0.2, -0.15) is 0 Å². The normalized spacial score (nSPS) is 20.4. The molecule has 0 spiro atoms. The topological polar surface area (TPSA) is 49.3 Å². The van der Waals surface area contributed by atoms with E-state index in [1.165, 1.54) is 12.0 Å². The molecular weight excluding hydrogens is 190 g/mol. The molecule has 1 aliphatic rings. The van der Waals surface area contributed by atoms with E-state index < -0.39 is 5.97 Å². The molecule has 0 radical (unpaired) electrons. The molecule has 0 saturated carbocycles. The van der Waals surface area contributed by atoms with Gasteiger partial charge in [-0.1, -0.05) is 24.3 Å². The van der Waals surface area contributed by atoms with Crippen molar-refractivity contribution >= 4 is 5.97 Å². The van der Waals surface area contributed by atoms with Crippen LogP contribution >= 0.6 is 0 Å². The highest BCUT2D eigenvalue weighted by molar-refractivity contribution is 5.70. The predicted octanol–water partition coefficient (Wildman–Crippen LogP) is 1.74. The van der Waals surface area contributed by atoms with Crippen LogP contribution in [-0.4, -0.2) is 17.6 Å². The first kappa shape index (κ1) is 10.2. The van der Waals surface area contributed by atoms with Crippen LogP contribution in [-0.2, 0) is 11.2 Å². The Kier molecular flexibility index (Phi) is 3.02. The summed E-state index contributed by atoms with van der Waals surface area (Å²) in [5, 5.41) is 12.1. The summed E-state index contributed by atoms with van der Waals surface area (Å²) in [6, 6.07) is 8.28. The summed E-state index contributed by atoms with van der Waals surface area (Å²) < 4.78 is 0. The Morgan fingerprint density at radius 1 is 1.53 bits per heavy atom. The molecule has 0 unspecified atom stereocenters. The van der Waals surface area contributed by atoms with E-state index in [1.54, 1.807) is 0 Å². The molecule has 1 fully saturated rings. The first-order valence-corrected chi connectivity index (χ1v) is 5.30. The van der Waals surface area contributed by atoms with Crippen LogP contribution < -0.4 is 5.32 Å². The van der Waals surface area contributed by atoms with Crippen LogP contribution in [0, 0.1) is 0 Å². The number of hydrogen-bond acceptors (Lipinski definition) is 2. The largest absolute Gasteiger partial charge is 0.481 e. The van der Waals surface area contributed by atoms with Crippen LogP contribution in [0.4, 0.5) is 0 Å². The van der Waals surface area contributed by atoms with Gasteiger partial charge in [-0.3, -0.25) is 4.79 Å². The van der Waals surface area contributed by atoms with Crippen molar-refractivity contribution in [3.05, 3.63) is 35.4 Å². The molecule has 0 amide bonds. The fourth-order valence-corrected chi connectivity index (χ4v) is 2.06. The number of hydrogen-bond donors (Lipinski definition) is 2.